The van der Waals surface area contributed by atoms with Crippen molar-refractivity contribution in [3.05, 3.63) is 75.6 Å². The number of anilines is 1. The summed E-state index contributed by atoms with van der Waals surface area (Å²) in [5.74, 6) is 0.577. The van der Waals surface area contributed by atoms with Gasteiger partial charge in [0.25, 0.3) is 5.56 Å². The third kappa shape index (κ3) is 4.18. The average Bonchev–Trinajstić information content (AvgIpc) is 2.74. The number of phenols is 1. The zero-order chi connectivity index (χ0) is 21.1. The molecule has 0 radical (unpaired) electrons. The van der Waals surface area contributed by atoms with E-state index in [2.05, 4.69) is 15.3 Å². The molecule has 1 aliphatic rings. The number of rotatable bonds is 6. The Morgan fingerprint density at radius 1 is 1.20 bits per heavy atom. The number of hydrogen-bond donors (Lipinski definition) is 3. The molecule has 154 valence electrons. The number of aromatic hydroxyl groups is 1. The van der Waals surface area contributed by atoms with Crippen LogP contribution in [0.1, 0.15) is 36.0 Å². The SMILES string of the molecule is CCOc1cc([C@H]2CC(=O)Nc3nc(SCc4ccccc4)[nH]c(=O)c32)ccc1O. The van der Waals surface area contributed by atoms with E-state index >= 15 is 0 Å². The molecule has 7 nitrogen and oxygen atoms in total. The molecule has 2 aromatic carbocycles. The van der Waals surface area contributed by atoms with Crippen molar-refractivity contribution in [2.24, 2.45) is 0 Å². The third-order valence-electron chi connectivity index (χ3n) is 4.83. The fraction of sp³-hybridized carbons (Fsp3) is 0.227. The summed E-state index contributed by atoms with van der Waals surface area (Å²) >= 11 is 1.40. The lowest BCUT2D eigenvalue weighted by Gasteiger charge is -2.25. The lowest BCUT2D eigenvalue weighted by Crippen LogP contribution is -2.31. The maximum Gasteiger partial charge on any atom is 0.257 e. The number of ether oxygens (including phenoxy) is 1. The summed E-state index contributed by atoms with van der Waals surface area (Å²) in [6, 6.07) is 14.7. The number of thioether (sulfide) groups is 1. The number of nitrogens with one attached hydrogen (secondary N) is 2. The van der Waals surface area contributed by atoms with E-state index in [0.717, 1.165) is 5.56 Å². The van der Waals surface area contributed by atoms with Gasteiger partial charge in [-0.3, -0.25) is 9.59 Å². The number of benzene rings is 2. The smallest absolute Gasteiger partial charge is 0.257 e. The van der Waals surface area contributed by atoms with Gasteiger partial charge in [0.05, 0.1) is 12.2 Å². The second-order valence-electron chi connectivity index (χ2n) is 6.87. The van der Waals surface area contributed by atoms with Crippen LogP contribution in [0.2, 0.25) is 0 Å². The number of nitrogens with zero attached hydrogens (tertiary/aromatic N) is 1. The third-order valence-corrected chi connectivity index (χ3v) is 5.78. The van der Waals surface area contributed by atoms with Crippen LogP contribution in [0, 0.1) is 0 Å². The molecule has 0 saturated heterocycles. The van der Waals surface area contributed by atoms with Crippen LogP contribution in [0.3, 0.4) is 0 Å². The van der Waals surface area contributed by atoms with Gasteiger partial charge in [-0.05, 0) is 30.2 Å². The highest BCUT2D eigenvalue weighted by molar-refractivity contribution is 7.98. The van der Waals surface area contributed by atoms with E-state index in [1.165, 1.54) is 17.8 Å². The van der Waals surface area contributed by atoms with E-state index in [1.54, 1.807) is 12.1 Å². The number of carbonyl (C=O) groups is 1. The fourth-order valence-electron chi connectivity index (χ4n) is 3.45. The molecule has 0 unspecified atom stereocenters. The molecule has 1 aromatic heterocycles. The molecule has 0 bridgehead atoms. The first-order chi connectivity index (χ1) is 14.5. The van der Waals surface area contributed by atoms with Gasteiger partial charge in [-0.25, -0.2) is 4.98 Å². The lowest BCUT2D eigenvalue weighted by molar-refractivity contribution is -0.116. The zero-order valence-corrected chi connectivity index (χ0v) is 17.2. The van der Waals surface area contributed by atoms with Crippen LogP contribution in [0.5, 0.6) is 11.5 Å². The van der Waals surface area contributed by atoms with Crippen molar-refractivity contribution < 1.29 is 14.6 Å². The van der Waals surface area contributed by atoms with E-state index in [1.807, 2.05) is 37.3 Å². The van der Waals surface area contributed by atoms with Crippen molar-refractivity contribution in [1.29, 1.82) is 0 Å². The van der Waals surface area contributed by atoms with Crippen LogP contribution in [0.4, 0.5) is 5.82 Å². The highest BCUT2D eigenvalue weighted by atomic mass is 32.2. The molecule has 3 N–H and O–H groups in total. The van der Waals surface area contributed by atoms with Gasteiger partial charge in [-0.1, -0.05) is 48.2 Å². The molecule has 1 atom stereocenters. The number of fused-ring (bicyclic) bond motifs is 1. The number of carbonyl (C=O) groups excluding carboxylic acids is 1. The molecule has 1 amide bonds. The number of phenolic OH excluding ortho intramolecular Hbond substituents is 1. The second kappa shape index (κ2) is 8.62. The minimum atomic E-state index is -0.474. The minimum Gasteiger partial charge on any atom is -0.504 e. The average molecular weight is 423 g/mol. The summed E-state index contributed by atoms with van der Waals surface area (Å²) in [5.41, 5.74) is 1.94. The van der Waals surface area contributed by atoms with Gasteiger partial charge in [0, 0.05) is 18.1 Å². The van der Waals surface area contributed by atoms with Gasteiger partial charge >= 0.3 is 0 Å². The van der Waals surface area contributed by atoms with E-state index in [0.29, 0.717) is 34.4 Å². The predicted octanol–water partition coefficient (Wildman–Crippen LogP) is 3.64. The molecule has 4 rings (SSSR count). The molecular weight excluding hydrogens is 402 g/mol. The van der Waals surface area contributed by atoms with Crippen molar-refractivity contribution in [1.82, 2.24) is 9.97 Å². The Labute approximate surface area is 177 Å². The van der Waals surface area contributed by atoms with Crippen molar-refractivity contribution in [2.45, 2.75) is 30.2 Å². The summed E-state index contributed by atoms with van der Waals surface area (Å²) in [6.45, 7) is 2.21. The fourth-order valence-corrected chi connectivity index (χ4v) is 4.26. The van der Waals surface area contributed by atoms with Crippen LogP contribution < -0.4 is 15.6 Å². The van der Waals surface area contributed by atoms with E-state index < -0.39 is 5.92 Å². The summed E-state index contributed by atoms with van der Waals surface area (Å²) in [4.78, 5) is 32.6. The second-order valence-corrected chi connectivity index (χ2v) is 7.84. The summed E-state index contributed by atoms with van der Waals surface area (Å²) in [5, 5.41) is 13.1. The van der Waals surface area contributed by atoms with Gasteiger partial charge in [0.2, 0.25) is 5.91 Å². The quantitative estimate of drug-likeness (QED) is 0.413. The molecule has 0 fully saturated rings. The summed E-state index contributed by atoms with van der Waals surface area (Å²) < 4.78 is 5.45. The minimum absolute atomic E-state index is 0.0146. The first kappa shape index (κ1) is 20.0. The largest absolute Gasteiger partial charge is 0.504 e. The number of hydrogen-bond acceptors (Lipinski definition) is 6. The summed E-state index contributed by atoms with van der Waals surface area (Å²) in [7, 11) is 0. The molecule has 3 aromatic rings. The number of amides is 1. The standard InChI is InChI=1S/C22H21N3O4S/c1-2-29-17-10-14(8-9-16(17)26)15-11-18(27)23-20-19(15)21(28)25-22(24-20)30-12-13-6-4-3-5-7-13/h3-10,15,26H,2,11-12H2,1H3,(H2,23,24,25,27,28)/t15-/m1/s1. The molecule has 8 heteroatoms. The Balaban J connectivity index is 1.67. The van der Waals surface area contributed by atoms with Crippen molar-refractivity contribution in [2.75, 3.05) is 11.9 Å². The molecule has 1 aliphatic heterocycles. The normalized spacial score (nSPS) is 15.4. The maximum atomic E-state index is 12.9. The first-order valence-corrected chi connectivity index (χ1v) is 10.6. The first-order valence-electron chi connectivity index (χ1n) is 9.61. The van der Waals surface area contributed by atoms with Gasteiger partial charge in [-0.2, -0.15) is 0 Å². The maximum absolute atomic E-state index is 12.9. The van der Waals surface area contributed by atoms with Crippen LogP contribution in [0.25, 0.3) is 0 Å². The number of H-pyrrole nitrogens is 1. The molecule has 0 spiro atoms. The zero-order valence-electron chi connectivity index (χ0n) is 16.3. The Kier molecular flexibility index (Phi) is 5.76. The molecule has 0 aliphatic carbocycles. The Morgan fingerprint density at radius 3 is 2.77 bits per heavy atom. The van der Waals surface area contributed by atoms with Gasteiger partial charge in [-0.15, -0.1) is 0 Å². The highest BCUT2D eigenvalue weighted by Crippen LogP contribution is 2.38. The van der Waals surface area contributed by atoms with Crippen molar-refractivity contribution in [3.63, 3.8) is 0 Å². The molecular formula is C22H21N3O4S. The topological polar surface area (TPSA) is 104 Å². The number of aromatic amines is 1. The van der Waals surface area contributed by atoms with Crippen LogP contribution in [-0.2, 0) is 10.5 Å². The monoisotopic (exact) mass is 423 g/mol. The highest BCUT2D eigenvalue weighted by Gasteiger charge is 2.31. The Bertz CT molecular complexity index is 1130. The van der Waals surface area contributed by atoms with Crippen LogP contribution in [0.15, 0.2) is 58.5 Å². The van der Waals surface area contributed by atoms with Crippen LogP contribution in [-0.4, -0.2) is 27.6 Å². The molecule has 0 saturated carbocycles. The van der Waals surface area contributed by atoms with Gasteiger partial charge < -0.3 is 20.1 Å². The Hall–Kier alpha value is -3.26. The van der Waals surface area contributed by atoms with Gasteiger partial charge in [0.1, 0.15) is 5.82 Å². The van der Waals surface area contributed by atoms with Crippen molar-refractivity contribution in [3.8, 4) is 11.5 Å². The van der Waals surface area contributed by atoms with E-state index in [4.69, 9.17) is 4.74 Å². The van der Waals surface area contributed by atoms with Gasteiger partial charge in [0.15, 0.2) is 16.7 Å². The Morgan fingerprint density at radius 2 is 2.00 bits per heavy atom. The summed E-state index contributed by atoms with van der Waals surface area (Å²) in [6.07, 6.45) is 0.116. The van der Waals surface area contributed by atoms with E-state index in [-0.39, 0.29) is 29.5 Å². The van der Waals surface area contributed by atoms with Crippen molar-refractivity contribution >= 4 is 23.5 Å². The predicted molar refractivity (Wildman–Crippen MR) is 115 cm³/mol. The number of aromatic nitrogens is 2. The van der Waals surface area contributed by atoms with Crippen LogP contribution >= 0.6 is 11.8 Å². The molecule has 2 heterocycles. The lowest BCUT2D eigenvalue weighted by atomic mass is 9.86. The van der Waals surface area contributed by atoms with E-state index in [9.17, 15) is 14.7 Å². The molecule has 30 heavy (non-hydrogen) atoms.